The van der Waals surface area contributed by atoms with E-state index in [-0.39, 0.29) is 11.8 Å². The van der Waals surface area contributed by atoms with Gasteiger partial charge < -0.3 is 0 Å². The van der Waals surface area contributed by atoms with E-state index >= 15 is 0 Å². The van der Waals surface area contributed by atoms with Crippen molar-refractivity contribution in [3.05, 3.63) is 95.0 Å². The van der Waals surface area contributed by atoms with Crippen molar-refractivity contribution in [3.8, 4) is 0 Å². The highest BCUT2D eigenvalue weighted by Gasteiger charge is 2.60. The maximum absolute atomic E-state index is 13.5. The molecule has 0 aromatic heterocycles. The van der Waals surface area contributed by atoms with Gasteiger partial charge in [0, 0.05) is 5.02 Å². The molecule has 0 unspecified atom stereocenters. The molecule has 5 nitrogen and oxygen atoms in total. The van der Waals surface area contributed by atoms with Gasteiger partial charge >= 0.3 is 0 Å². The number of carbonyl (C=O) groups is 2. The Morgan fingerprint density at radius 1 is 0.833 bits per heavy atom. The molecule has 0 saturated carbocycles. The molecule has 3 atom stereocenters. The fourth-order valence-electron chi connectivity index (χ4n) is 4.19. The summed E-state index contributed by atoms with van der Waals surface area (Å²) in [5, 5.41) is 2.24. The maximum atomic E-state index is 13.5. The van der Waals surface area contributed by atoms with E-state index in [1.165, 1.54) is 4.90 Å². The fraction of sp³-hybridized carbons (Fsp3) is 0.167. The van der Waals surface area contributed by atoms with Crippen molar-refractivity contribution in [1.82, 2.24) is 0 Å². The van der Waals surface area contributed by atoms with Crippen LogP contribution in [0.5, 0.6) is 0 Å². The van der Waals surface area contributed by atoms with Gasteiger partial charge in [-0.1, -0.05) is 59.6 Å². The van der Waals surface area contributed by atoms with E-state index < -0.39 is 18.1 Å². The second kappa shape index (κ2) is 7.27. The van der Waals surface area contributed by atoms with Gasteiger partial charge in [0.1, 0.15) is 5.92 Å². The number of para-hydroxylation sites is 1. The molecule has 0 aliphatic carbocycles. The minimum Gasteiger partial charge on any atom is -0.273 e. The van der Waals surface area contributed by atoms with Crippen LogP contribution >= 0.6 is 11.6 Å². The number of hydroxylamine groups is 1. The number of benzene rings is 3. The van der Waals surface area contributed by atoms with E-state index in [9.17, 15) is 9.59 Å². The summed E-state index contributed by atoms with van der Waals surface area (Å²) in [6, 6.07) is 23.7. The molecule has 2 amide bonds. The zero-order valence-electron chi connectivity index (χ0n) is 16.2. The fourth-order valence-corrected chi connectivity index (χ4v) is 4.39. The van der Waals surface area contributed by atoms with Crippen LogP contribution in [0.25, 0.3) is 0 Å². The molecule has 6 heteroatoms. The molecule has 0 spiro atoms. The molecular weight excluding hydrogens is 400 g/mol. The molecule has 0 bridgehead atoms. The van der Waals surface area contributed by atoms with Crippen LogP contribution in [0.1, 0.15) is 17.2 Å². The second-order valence-electron chi connectivity index (χ2n) is 7.56. The summed E-state index contributed by atoms with van der Waals surface area (Å²) in [5.74, 6) is -1.28. The van der Waals surface area contributed by atoms with E-state index in [2.05, 4.69) is 0 Å². The standard InChI is InChI=1S/C24H19ClN2O3/c1-15-10-12-18(13-11-15)26-23(28)20-21(16-6-5-7-17(25)14-16)27(30-22(20)24(26)29)19-8-3-2-4-9-19/h2-14,20-22H,1H3/t20-,21+,22+/m1/s1. The van der Waals surface area contributed by atoms with Crippen LogP contribution in [0.2, 0.25) is 5.02 Å². The van der Waals surface area contributed by atoms with Crippen LogP contribution in [-0.4, -0.2) is 17.9 Å². The Balaban J connectivity index is 1.59. The quantitative estimate of drug-likeness (QED) is 0.578. The first kappa shape index (κ1) is 18.9. The van der Waals surface area contributed by atoms with Gasteiger partial charge in [-0.2, -0.15) is 0 Å². The molecule has 30 heavy (non-hydrogen) atoms. The van der Waals surface area contributed by atoms with E-state index in [1.54, 1.807) is 23.3 Å². The first-order chi connectivity index (χ1) is 14.5. The van der Waals surface area contributed by atoms with Crippen molar-refractivity contribution in [2.24, 2.45) is 5.92 Å². The molecule has 2 fully saturated rings. The van der Waals surface area contributed by atoms with E-state index in [0.29, 0.717) is 10.7 Å². The average Bonchev–Trinajstić information content (AvgIpc) is 3.26. The Morgan fingerprint density at radius 3 is 2.27 bits per heavy atom. The lowest BCUT2D eigenvalue weighted by Gasteiger charge is -2.28. The van der Waals surface area contributed by atoms with Gasteiger partial charge in [0.25, 0.3) is 5.91 Å². The Morgan fingerprint density at radius 2 is 1.57 bits per heavy atom. The van der Waals surface area contributed by atoms with E-state index in [1.807, 2.05) is 67.6 Å². The third kappa shape index (κ3) is 2.98. The first-order valence-electron chi connectivity index (χ1n) is 9.75. The van der Waals surface area contributed by atoms with Crippen LogP contribution in [0.15, 0.2) is 78.9 Å². The third-order valence-electron chi connectivity index (χ3n) is 5.61. The lowest BCUT2D eigenvalue weighted by molar-refractivity contribution is -0.126. The molecule has 0 radical (unpaired) electrons. The zero-order valence-corrected chi connectivity index (χ0v) is 17.0. The minimum atomic E-state index is -0.886. The number of carbonyl (C=O) groups excluding carboxylic acids is 2. The van der Waals surface area contributed by atoms with Crippen LogP contribution in [0, 0.1) is 12.8 Å². The maximum Gasteiger partial charge on any atom is 0.266 e. The molecule has 2 aliphatic heterocycles. The molecule has 2 saturated heterocycles. The lowest BCUT2D eigenvalue weighted by atomic mass is 9.90. The monoisotopic (exact) mass is 418 g/mol. The number of aryl methyl sites for hydroxylation is 1. The Kier molecular flexibility index (Phi) is 4.57. The highest BCUT2D eigenvalue weighted by Crippen LogP contribution is 2.47. The predicted molar refractivity (Wildman–Crippen MR) is 115 cm³/mol. The summed E-state index contributed by atoms with van der Waals surface area (Å²) >= 11 is 6.24. The molecule has 3 aromatic rings. The second-order valence-corrected chi connectivity index (χ2v) is 8.00. The Labute approximate surface area is 179 Å². The number of halogens is 1. The topological polar surface area (TPSA) is 49.9 Å². The number of imide groups is 1. The van der Waals surface area contributed by atoms with Gasteiger partial charge in [-0.15, -0.1) is 0 Å². The average molecular weight is 419 g/mol. The summed E-state index contributed by atoms with van der Waals surface area (Å²) in [4.78, 5) is 34.1. The molecule has 5 rings (SSSR count). The predicted octanol–water partition coefficient (Wildman–Crippen LogP) is 4.70. The number of anilines is 2. The summed E-state index contributed by atoms with van der Waals surface area (Å²) in [6.07, 6.45) is -0.886. The zero-order chi connectivity index (χ0) is 20.8. The minimum absolute atomic E-state index is 0.266. The van der Waals surface area contributed by atoms with Gasteiger partial charge in [-0.25, -0.2) is 9.96 Å². The molecule has 0 N–H and O–H groups in total. The third-order valence-corrected chi connectivity index (χ3v) is 5.84. The van der Waals surface area contributed by atoms with Crippen molar-refractivity contribution in [2.45, 2.75) is 19.1 Å². The number of rotatable bonds is 3. The summed E-state index contributed by atoms with van der Waals surface area (Å²) in [7, 11) is 0. The summed E-state index contributed by atoms with van der Waals surface area (Å²) in [5.41, 5.74) is 3.22. The van der Waals surface area contributed by atoms with Crippen molar-refractivity contribution in [2.75, 3.05) is 9.96 Å². The molecule has 3 aromatic carbocycles. The van der Waals surface area contributed by atoms with Crippen molar-refractivity contribution >= 4 is 34.8 Å². The molecule has 2 heterocycles. The van der Waals surface area contributed by atoms with Crippen LogP contribution < -0.4 is 9.96 Å². The molecular formula is C24H19ClN2O3. The van der Waals surface area contributed by atoms with E-state index in [4.69, 9.17) is 16.4 Å². The number of hydrogen-bond acceptors (Lipinski definition) is 4. The smallest absolute Gasteiger partial charge is 0.266 e. The van der Waals surface area contributed by atoms with Gasteiger partial charge in [0.2, 0.25) is 5.91 Å². The van der Waals surface area contributed by atoms with Crippen molar-refractivity contribution < 1.29 is 14.4 Å². The number of fused-ring (bicyclic) bond motifs is 1. The SMILES string of the molecule is Cc1ccc(N2C(=O)[C@H]3[C@H](ON(c4ccccc4)[C@H]3c3cccc(Cl)c3)C2=O)cc1. The normalized spacial score (nSPS) is 23.2. The molecule has 150 valence electrons. The number of nitrogens with zero attached hydrogens (tertiary/aromatic N) is 2. The van der Waals surface area contributed by atoms with Crippen LogP contribution in [-0.2, 0) is 14.4 Å². The van der Waals surface area contributed by atoms with Crippen molar-refractivity contribution in [1.29, 1.82) is 0 Å². The largest absolute Gasteiger partial charge is 0.273 e. The van der Waals surface area contributed by atoms with Crippen molar-refractivity contribution in [3.63, 3.8) is 0 Å². The highest BCUT2D eigenvalue weighted by atomic mass is 35.5. The van der Waals surface area contributed by atoms with Crippen LogP contribution in [0.4, 0.5) is 11.4 Å². The Hall–Kier alpha value is -3.15. The summed E-state index contributed by atoms with van der Waals surface area (Å²) in [6.45, 7) is 1.96. The summed E-state index contributed by atoms with van der Waals surface area (Å²) < 4.78 is 0. The van der Waals surface area contributed by atoms with Gasteiger partial charge in [0.05, 0.1) is 17.4 Å². The van der Waals surface area contributed by atoms with Gasteiger partial charge in [-0.05, 0) is 48.9 Å². The lowest BCUT2D eigenvalue weighted by Crippen LogP contribution is -2.37. The highest BCUT2D eigenvalue weighted by molar-refractivity contribution is 6.30. The molecule has 2 aliphatic rings. The van der Waals surface area contributed by atoms with E-state index in [0.717, 1.165) is 16.8 Å². The number of hydrogen-bond donors (Lipinski definition) is 0. The number of amides is 2. The first-order valence-corrected chi connectivity index (χ1v) is 10.1. The Bertz CT molecular complexity index is 1120. The van der Waals surface area contributed by atoms with Crippen LogP contribution in [0.3, 0.4) is 0 Å². The van der Waals surface area contributed by atoms with Gasteiger partial charge in [-0.3, -0.25) is 14.4 Å². The van der Waals surface area contributed by atoms with Gasteiger partial charge in [0.15, 0.2) is 6.10 Å².